The Hall–Kier alpha value is -1.89. The largest absolute Gasteiger partial charge is 0.355 e. The highest BCUT2D eigenvalue weighted by Gasteiger charge is 2.30. The lowest BCUT2D eigenvalue weighted by atomic mass is 9.83. The highest BCUT2D eigenvalue weighted by atomic mass is 15.3. The second kappa shape index (κ2) is 7.56. The SMILES string of the molecule is Cc1cc(N2CCC(NC(c3ncn[nH]3)C3CCCCC3)CC2)n[nH]1. The summed E-state index contributed by atoms with van der Waals surface area (Å²) in [4.78, 5) is 6.85. The molecular formula is C18H29N7. The Morgan fingerprint density at radius 3 is 2.56 bits per heavy atom. The molecule has 0 amide bonds. The maximum absolute atomic E-state index is 4.47. The molecule has 1 atom stereocenters. The van der Waals surface area contributed by atoms with Crippen LogP contribution in [0.5, 0.6) is 0 Å². The molecule has 7 heteroatoms. The van der Waals surface area contributed by atoms with E-state index in [9.17, 15) is 0 Å². The van der Waals surface area contributed by atoms with Crippen molar-refractivity contribution in [3.8, 4) is 0 Å². The standard InChI is InChI=1S/C18H29N7/c1-13-11-16(23-22-13)25-9-7-15(8-10-25)21-17(18-19-12-20-24-18)14-5-3-2-4-6-14/h11-12,14-15,17,21H,2-10H2,1H3,(H,22,23)(H,19,20,24). The Kier molecular flexibility index (Phi) is 5.01. The van der Waals surface area contributed by atoms with Crippen molar-refractivity contribution in [2.45, 2.75) is 64.0 Å². The number of aryl methyl sites for hydroxylation is 1. The highest BCUT2D eigenvalue weighted by Crippen LogP contribution is 2.34. The Labute approximate surface area is 149 Å². The van der Waals surface area contributed by atoms with E-state index in [-0.39, 0.29) is 0 Å². The first kappa shape index (κ1) is 16.6. The van der Waals surface area contributed by atoms with Gasteiger partial charge in [-0.25, -0.2) is 4.98 Å². The third-order valence-electron chi connectivity index (χ3n) is 5.78. The Morgan fingerprint density at radius 2 is 1.92 bits per heavy atom. The molecule has 25 heavy (non-hydrogen) atoms. The van der Waals surface area contributed by atoms with Gasteiger partial charge in [-0.2, -0.15) is 10.2 Å². The number of hydrogen-bond acceptors (Lipinski definition) is 5. The minimum Gasteiger partial charge on any atom is -0.355 e. The van der Waals surface area contributed by atoms with E-state index in [0.29, 0.717) is 18.0 Å². The van der Waals surface area contributed by atoms with Crippen LogP contribution in [0.1, 0.15) is 62.5 Å². The summed E-state index contributed by atoms with van der Waals surface area (Å²) in [5.74, 6) is 2.76. The molecule has 0 bridgehead atoms. The molecule has 2 aliphatic rings. The average molecular weight is 343 g/mol. The molecule has 0 spiro atoms. The lowest BCUT2D eigenvalue weighted by Gasteiger charge is -2.37. The van der Waals surface area contributed by atoms with E-state index in [1.165, 1.54) is 32.1 Å². The van der Waals surface area contributed by atoms with Crippen molar-refractivity contribution in [2.24, 2.45) is 5.92 Å². The van der Waals surface area contributed by atoms with Gasteiger partial charge in [-0.05, 0) is 38.5 Å². The monoisotopic (exact) mass is 343 g/mol. The molecule has 4 rings (SSSR count). The number of piperidine rings is 1. The van der Waals surface area contributed by atoms with Gasteiger partial charge in [-0.1, -0.05) is 19.3 Å². The third kappa shape index (κ3) is 3.86. The summed E-state index contributed by atoms with van der Waals surface area (Å²) < 4.78 is 0. The van der Waals surface area contributed by atoms with Crippen LogP contribution in [0.2, 0.25) is 0 Å². The van der Waals surface area contributed by atoms with E-state index in [1.807, 2.05) is 0 Å². The van der Waals surface area contributed by atoms with E-state index in [4.69, 9.17) is 0 Å². The maximum atomic E-state index is 4.47. The van der Waals surface area contributed by atoms with Crippen LogP contribution < -0.4 is 10.2 Å². The van der Waals surface area contributed by atoms with Crippen molar-refractivity contribution < 1.29 is 0 Å². The summed E-state index contributed by atoms with van der Waals surface area (Å²) in [6.07, 6.45) is 10.6. The Bertz CT molecular complexity index is 636. The number of rotatable bonds is 5. The molecule has 0 radical (unpaired) electrons. The number of anilines is 1. The number of aromatic nitrogens is 5. The molecule has 2 fully saturated rings. The normalized spacial score (nSPS) is 21.6. The minimum atomic E-state index is 0.312. The molecule has 136 valence electrons. The van der Waals surface area contributed by atoms with Crippen molar-refractivity contribution in [1.29, 1.82) is 0 Å². The second-order valence-corrected chi connectivity index (χ2v) is 7.58. The van der Waals surface area contributed by atoms with Crippen LogP contribution >= 0.6 is 0 Å². The second-order valence-electron chi connectivity index (χ2n) is 7.58. The van der Waals surface area contributed by atoms with Gasteiger partial charge in [-0.3, -0.25) is 10.2 Å². The fourth-order valence-electron chi connectivity index (χ4n) is 4.37. The summed E-state index contributed by atoms with van der Waals surface area (Å²) in [7, 11) is 0. The summed E-state index contributed by atoms with van der Waals surface area (Å²) in [6.45, 7) is 4.16. The first-order valence-electron chi connectivity index (χ1n) is 9.68. The maximum Gasteiger partial charge on any atom is 0.150 e. The zero-order chi connectivity index (χ0) is 17.1. The fraction of sp³-hybridized carbons (Fsp3) is 0.722. The predicted octanol–water partition coefficient (Wildman–Crippen LogP) is 2.72. The number of hydrogen-bond donors (Lipinski definition) is 3. The van der Waals surface area contributed by atoms with Crippen LogP contribution in [0, 0.1) is 12.8 Å². The lowest BCUT2D eigenvalue weighted by molar-refractivity contribution is 0.233. The molecule has 3 heterocycles. The number of aromatic amines is 2. The van der Waals surface area contributed by atoms with Crippen molar-refractivity contribution in [1.82, 2.24) is 30.7 Å². The van der Waals surface area contributed by atoms with Gasteiger partial charge < -0.3 is 10.2 Å². The Morgan fingerprint density at radius 1 is 1.12 bits per heavy atom. The van der Waals surface area contributed by atoms with Crippen molar-refractivity contribution in [3.05, 3.63) is 23.9 Å². The van der Waals surface area contributed by atoms with Gasteiger partial charge in [0, 0.05) is 30.9 Å². The van der Waals surface area contributed by atoms with Crippen LogP contribution in [-0.4, -0.2) is 44.5 Å². The minimum absolute atomic E-state index is 0.312. The van der Waals surface area contributed by atoms with Gasteiger partial charge >= 0.3 is 0 Å². The molecule has 1 saturated carbocycles. The first-order valence-corrected chi connectivity index (χ1v) is 9.68. The molecule has 0 aromatic carbocycles. The van der Waals surface area contributed by atoms with Gasteiger partial charge in [0.15, 0.2) is 5.82 Å². The summed E-state index contributed by atoms with van der Waals surface area (Å²) >= 11 is 0. The van der Waals surface area contributed by atoms with E-state index in [0.717, 1.165) is 43.3 Å². The van der Waals surface area contributed by atoms with Gasteiger partial charge in [0.2, 0.25) is 0 Å². The fourth-order valence-corrected chi connectivity index (χ4v) is 4.37. The molecular weight excluding hydrogens is 314 g/mol. The van der Waals surface area contributed by atoms with Crippen LogP contribution in [0.3, 0.4) is 0 Å². The summed E-state index contributed by atoms with van der Waals surface area (Å²) in [6, 6.07) is 2.98. The number of nitrogens with one attached hydrogen (secondary N) is 3. The van der Waals surface area contributed by atoms with E-state index in [2.05, 4.69) is 48.6 Å². The van der Waals surface area contributed by atoms with Crippen molar-refractivity contribution in [2.75, 3.05) is 18.0 Å². The van der Waals surface area contributed by atoms with Crippen LogP contribution in [0.4, 0.5) is 5.82 Å². The molecule has 1 saturated heterocycles. The average Bonchev–Trinajstić information content (AvgIpc) is 3.33. The van der Waals surface area contributed by atoms with Gasteiger partial charge in [0.1, 0.15) is 12.2 Å². The smallest absolute Gasteiger partial charge is 0.150 e. The third-order valence-corrected chi connectivity index (χ3v) is 5.78. The van der Waals surface area contributed by atoms with Gasteiger partial charge in [0.05, 0.1) is 6.04 Å². The number of nitrogens with zero attached hydrogens (tertiary/aromatic N) is 4. The molecule has 7 nitrogen and oxygen atoms in total. The predicted molar refractivity (Wildman–Crippen MR) is 97.4 cm³/mol. The van der Waals surface area contributed by atoms with Gasteiger partial charge in [-0.15, -0.1) is 0 Å². The zero-order valence-corrected chi connectivity index (χ0v) is 15.0. The lowest BCUT2D eigenvalue weighted by Crippen LogP contribution is -2.45. The molecule has 1 aliphatic carbocycles. The molecule has 2 aromatic rings. The first-order chi connectivity index (χ1) is 12.3. The zero-order valence-electron chi connectivity index (χ0n) is 15.0. The highest BCUT2D eigenvalue weighted by molar-refractivity contribution is 5.39. The summed E-state index contributed by atoms with van der Waals surface area (Å²) in [5.41, 5.74) is 1.12. The quantitative estimate of drug-likeness (QED) is 0.777. The van der Waals surface area contributed by atoms with E-state index < -0.39 is 0 Å². The summed E-state index contributed by atoms with van der Waals surface area (Å²) in [5, 5.41) is 18.6. The molecule has 3 N–H and O–H groups in total. The Balaban J connectivity index is 1.38. The van der Waals surface area contributed by atoms with E-state index >= 15 is 0 Å². The number of H-pyrrole nitrogens is 2. The van der Waals surface area contributed by atoms with Gasteiger partial charge in [0.25, 0.3) is 0 Å². The van der Waals surface area contributed by atoms with E-state index in [1.54, 1.807) is 6.33 Å². The molecule has 1 aliphatic heterocycles. The van der Waals surface area contributed by atoms with Crippen LogP contribution in [0.15, 0.2) is 12.4 Å². The topological polar surface area (TPSA) is 85.5 Å². The van der Waals surface area contributed by atoms with Crippen LogP contribution in [-0.2, 0) is 0 Å². The van der Waals surface area contributed by atoms with Crippen molar-refractivity contribution >= 4 is 5.82 Å². The molecule has 2 aromatic heterocycles. The molecule has 1 unspecified atom stereocenters. The van der Waals surface area contributed by atoms with Crippen molar-refractivity contribution in [3.63, 3.8) is 0 Å². The van der Waals surface area contributed by atoms with Crippen LogP contribution in [0.25, 0.3) is 0 Å².